The minimum absolute atomic E-state index is 0.00493. The van der Waals surface area contributed by atoms with Crippen molar-refractivity contribution < 1.29 is 17.9 Å². The van der Waals surface area contributed by atoms with Gasteiger partial charge in [0.25, 0.3) is 0 Å². The minimum atomic E-state index is -3.92. The van der Waals surface area contributed by atoms with E-state index in [-0.39, 0.29) is 15.8 Å². The molecule has 0 aliphatic carbocycles. The number of amides is 1. The maximum atomic E-state index is 13.5. The van der Waals surface area contributed by atoms with Gasteiger partial charge in [0.05, 0.1) is 23.0 Å². The highest BCUT2D eigenvalue weighted by atomic mass is 32.2. The van der Waals surface area contributed by atoms with Gasteiger partial charge in [-0.15, -0.1) is 0 Å². The van der Waals surface area contributed by atoms with Crippen molar-refractivity contribution in [3.05, 3.63) is 48.5 Å². The first kappa shape index (κ1) is 20.1. The number of para-hydroxylation sites is 2. The SMILES string of the molecule is COc1ccc(S(=O)(=O)c2nc3ccccc3nc2N2CCN(C(C)=O)CC2)cc1. The Balaban J connectivity index is 1.81. The van der Waals surface area contributed by atoms with E-state index in [0.29, 0.717) is 48.8 Å². The molecular formula is C21H22N4O4S. The summed E-state index contributed by atoms with van der Waals surface area (Å²) in [6.07, 6.45) is 0. The van der Waals surface area contributed by atoms with E-state index >= 15 is 0 Å². The second-order valence-electron chi connectivity index (χ2n) is 7.01. The fourth-order valence-corrected chi connectivity index (χ4v) is 4.81. The van der Waals surface area contributed by atoms with Gasteiger partial charge in [0.1, 0.15) is 5.75 Å². The monoisotopic (exact) mass is 426 g/mol. The standard InChI is InChI=1S/C21H22N4O4S/c1-15(26)24-11-13-25(14-12-24)20-21(23-19-6-4-3-5-18(19)22-20)30(27,28)17-9-7-16(29-2)8-10-17/h3-10H,11-14H2,1-2H3. The van der Waals surface area contributed by atoms with E-state index in [1.807, 2.05) is 11.0 Å². The molecule has 3 aromatic rings. The number of rotatable bonds is 4. The van der Waals surface area contributed by atoms with Crippen LogP contribution in [0.1, 0.15) is 6.92 Å². The van der Waals surface area contributed by atoms with Crippen LogP contribution in [0.15, 0.2) is 58.5 Å². The number of hydrogen-bond acceptors (Lipinski definition) is 7. The average Bonchev–Trinajstić information content (AvgIpc) is 2.78. The lowest BCUT2D eigenvalue weighted by molar-refractivity contribution is -0.129. The molecule has 1 amide bonds. The number of anilines is 1. The van der Waals surface area contributed by atoms with E-state index in [0.717, 1.165) is 0 Å². The quantitative estimate of drug-likeness (QED) is 0.631. The summed E-state index contributed by atoms with van der Waals surface area (Å²) in [4.78, 5) is 24.5. The number of carbonyl (C=O) groups is 1. The molecule has 1 aliphatic rings. The van der Waals surface area contributed by atoms with Crippen LogP contribution in [-0.4, -0.2) is 62.5 Å². The van der Waals surface area contributed by atoms with Gasteiger partial charge in [-0.3, -0.25) is 4.79 Å². The van der Waals surface area contributed by atoms with Gasteiger partial charge in [0.15, 0.2) is 5.82 Å². The first-order chi connectivity index (χ1) is 14.4. The summed E-state index contributed by atoms with van der Waals surface area (Å²) in [5.41, 5.74) is 1.13. The Bertz CT molecular complexity index is 1190. The number of nitrogens with zero attached hydrogens (tertiary/aromatic N) is 4. The minimum Gasteiger partial charge on any atom is -0.497 e. The summed E-state index contributed by atoms with van der Waals surface area (Å²) in [7, 11) is -2.39. The average molecular weight is 426 g/mol. The van der Waals surface area contributed by atoms with Gasteiger partial charge in [0.2, 0.25) is 20.8 Å². The predicted octanol–water partition coefficient (Wildman–Crippen LogP) is 2.14. The molecule has 8 nitrogen and oxygen atoms in total. The van der Waals surface area contributed by atoms with Gasteiger partial charge in [0, 0.05) is 33.1 Å². The number of carbonyl (C=O) groups excluding carboxylic acids is 1. The smallest absolute Gasteiger partial charge is 0.227 e. The molecule has 9 heteroatoms. The zero-order valence-electron chi connectivity index (χ0n) is 16.8. The zero-order valence-corrected chi connectivity index (χ0v) is 17.6. The van der Waals surface area contributed by atoms with E-state index in [1.165, 1.54) is 26.2 Å². The first-order valence-electron chi connectivity index (χ1n) is 9.56. The Morgan fingerprint density at radius 1 is 0.933 bits per heavy atom. The van der Waals surface area contributed by atoms with E-state index in [2.05, 4.69) is 9.97 Å². The van der Waals surface area contributed by atoms with Crippen LogP contribution in [-0.2, 0) is 14.6 Å². The maximum Gasteiger partial charge on any atom is 0.227 e. The van der Waals surface area contributed by atoms with Crippen molar-refractivity contribution in [1.29, 1.82) is 0 Å². The Morgan fingerprint density at radius 2 is 1.53 bits per heavy atom. The van der Waals surface area contributed by atoms with E-state index < -0.39 is 9.84 Å². The number of benzene rings is 2. The molecule has 1 fully saturated rings. The summed E-state index contributed by atoms with van der Waals surface area (Å²) >= 11 is 0. The van der Waals surface area contributed by atoms with Crippen molar-refractivity contribution in [3.63, 3.8) is 0 Å². The van der Waals surface area contributed by atoms with Gasteiger partial charge in [-0.2, -0.15) is 0 Å². The van der Waals surface area contributed by atoms with Crippen LogP contribution in [0.3, 0.4) is 0 Å². The third-order valence-corrected chi connectivity index (χ3v) is 6.85. The van der Waals surface area contributed by atoms with Crippen LogP contribution in [0.4, 0.5) is 5.82 Å². The van der Waals surface area contributed by atoms with E-state index in [4.69, 9.17) is 4.74 Å². The largest absolute Gasteiger partial charge is 0.497 e. The summed E-state index contributed by atoms with van der Waals surface area (Å²) in [5.74, 6) is 0.886. The van der Waals surface area contributed by atoms with Crippen molar-refractivity contribution in [2.24, 2.45) is 0 Å². The molecule has 0 saturated carbocycles. The predicted molar refractivity (Wildman–Crippen MR) is 112 cm³/mol. The molecule has 2 aromatic carbocycles. The summed E-state index contributed by atoms with van der Waals surface area (Å²) < 4.78 is 32.1. The molecule has 1 aromatic heterocycles. The second kappa shape index (κ2) is 7.91. The highest BCUT2D eigenvalue weighted by Crippen LogP contribution is 2.30. The van der Waals surface area contributed by atoms with Crippen LogP contribution in [0.25, 0.3) is 11.0 Å². The number of fused-ring (bicyclic) bond motifs is 1. The Kier molecular flexibility index (Phi) is 5.29. The highest BCUT2D eigenvalue weighted by molar-refractivity contribution is 7.91. The van der Waals surface area contributed by atoms with E-state index in [9.17, 15) is 13.2 Å². The molecule has 0 spiro atoms. The van der Waals surface area contributed by atoms with Crippen LogP contribution >= 0.6 is 0 Å². The summed E-state index contributed by atoms with van der Waals surface area (Å²) in [6, 6.07) is 13.4. The molecule has 30 heavy (non-hydrogen) atoms. The van der Waals surface area contributed by atoms with Gasteiger partial charge >= 0.3 is 0 Å². The van der Waals surface area contributed by atoms with Crippen molar-refractivity contribution in [1.82, 2.24) is 14.9 Å². The lowest BCUT2D eigenvalue weighted by Gasteiger charge is -2.35. The lowest BCUT2D eigenvalue weighted by atomic mass is 10.3. The zero-order chi connectivity index (χ0) is 21.3. The molecule has 0 atom stereocenters. The van der Waals surface area contributed by atoms with Crippen molar-refractivity contribution in [3.8, 4) is 5.75 Å². The van der Waals surface area contributed by atoms with E-state index in [1.54, 1.807) is 35.2 Å². The fraction of sp³-hybridized carbons (Fsp3) is 0.286. The normalized spacial score (nSPS) is 14.7. The maximum absolute atomic E-state index is 13.5. The Morgan fingerprint density at radius 3 is 2.10 bits per heavy atom. The molecule has 0 radical (unpaired) electrons. The molecule has 0 N–H and O–H groups in total. The fourth-order valence-electron chi connectivity index (χ4n) is 3.46. The number of piperazine rings is 1. The van der Waals surface area contributed by atoms with Crippen LogP contribution < -0.4 is 9.64 Å². The van der Waals surface area contributed by atoms with Crippen molar-refractivity contribution in [2.45, 2.75) is 16.8 Å². The molecule has 1 aliphatic heterocycles. The molecule has 1 saturated heterocycles. The third-order valence-electron chi connectivity index (χ3n) is 5.17. The van der Waals surface area contributed by atoms with Gasteiger partial charge in [-0.05, 0) is 36.4 Å². The number of ether oxygens (including phenoxy) is 1. The first-order valence-corrected chi connectivity index (χ1v) is 11.0. The molecule has 2 heterocycles. The second-order valence-corrected chi connectivity index (χ2v) is 8.88. The molecule has 0 bridgehead atoms. The number of aromatic nitrogens is 2. The number of sulfone groups is 1. The summed E-state index contributed by atoms with van der Waals surface area (Å²) in [5, 5.41) is -0.0809. The molecule has 4 rings (SSSR count). The van der Waals surface area contributed by atoms with Crippen molar-refractivity contribution in [2.75, 3.05) is 38.2 Å². The van der Waals surface area contributed by atoms with Gasteiger partial charge in [-0.1, -0.05) is 12.1 Å². The summed E-state index contributed by atoms with van der Waals surface area (Å²) in [6.45, 7) is 3.51. The van der Waals surface area contributed by atoms with Crippen molar-refractivity contribution >= 4 is 32.6 Å². The highest BCUT2D eigenvalue weighted by Gasteiger charge is 2.30. The molecular weight excluding hydrogens is 404 g/mol. The molecule has 0 unspecified atom stereocenters. The van der Waals surface area contributed by atoms with Gasteiger partial charge in [-0.25, -0.2) is 18.4 Å². The van der Waals surface area contributed by atoms with Crippen LogP contribution in [0.5, 0.6) is 5.75 Å². The van der Waals surface area contributed by atoms with Crippen LogP contribution in [0, 0.1) is 0 Å². The number of methoxy groups -OCH3 is 1. The Labute approximate surface area is 175 Å². The Hall–Kier alpha value is -3.20. The molecule has 156 valence electrons. The van der Waals surface area contributed by atoms with Crippen LogP contribution in [0.2, 0.25) is 0 Å². The third kappa shape index (κ3) is 3.68. The topological polar surface area (TPSA) is 92.7 Å². The van der Waals surface area contributed by atoms with Gasteiger partial charge < -0.3 is 14.5 Å². The lowest BCUT2D eigenvalue weighted by Crippen LogP contribution is -2.48. The number of hydrogen-bond donors (Lipinski definition) is 0.